The molecule has 0 aliphatic carbocycles. The van der Waals surface area contributed by atoms with E-state index >= 15 is 8.78 Å². The van der Waals surface area contributed by atoms with Crippen molar-refractivity contribution in [1.82, 2.24) is 14.3 Å². The molecule has 1 saturated heterocycles. The minimum Gasteiger partial charge on any atom is -0.497 e. The molecular formula is C34H37ClF2N4O7S2. The van der Waals surface area contributed by atoms with E-state index in [9.17, 15) is 13.2 Å². The normalized spacial score (nSPS) is 16.5. The predicted octanol–water partition coefficient (Wildman–Crippen LogP) is 7.30. The molecule has 4 aromatic rings. The van der Waals surface area contributed by atoms with Gasteiger partial charge < -0.3 is 23.8 Å². The predicted molar refractivity (Wildman–Crippen MR) is 185 cm³/mol. The Hall–Kier alpha value is -4.21. The SMILES string of the molecule is COc1ccc(CN(c2ncns2)S(=O)(=O)c2cc(F)c(OC[C@H]3CN(C(=O)OC(C)(C)C)CC[C@H]3c3ccc(Cl)cc3)cc2F)c(OC)c1. The van der Waals surface area contributed by atoms with Crippen LogP contribution in [0.5, 0.6) is 17.2 Å². The van der Waals surface area contributed by atoms with Crippen molar-refractivity contribution in [3.05, 3.63) is 88.7 Å². The van der Waals surface area contributed by atoms with Crippen molar-refractivity contribution < 1.29 is 40.9 Å². The second-order valence-corrected chi connectivity index (χ2v) is 15.6. The van der Waals surface area contributed by atoms with Crippen molar-refractivity contribution in [3.8, 4) is 17.2 Å². The van der Waals surface area contributed by atoms with E-state index in [0.29, 0.717) is 47.2 Å². The van der Waals surface area contributed by atoms with Gasteiger partial charge in [0.1, 0.15) is 34.1 Å². The number of hydrogen-bond acceptors (Lipinski definition) is 10. The summed E-state index contributed by atoms with van der Waals surface area (Å²) >= 11 is 6.88. The van der Waals surface area contributed by atoms with Crippen molar-refractivity contribution in [2.45, 2.75) is 50.2 Å². The fourth-order valence-electron chi connectivity index (χ4n) is 5.65. The molecule has 1 aliphatic rings. The van der Waals surface area contributed by atoms with E-state index in [0.717, 1.165) is 27.7 Å². The number of carbonyl (C=O) groups excluding carboxylic acids is 1. The molecule has 0 bridgehead atoms. The maximum atomic E-state index is 15.8. The number of halogens is 3. The van der Waals surface area contributed by atoms with Crippen LogP contribution in [0.25, 0.3) is 0 Å². The molecule has 1 fully saturated rings. The standard InChI is InChI=1S/C34H37ClF2N4O7S2/c1-34(2,3)48-33(42)40-13-12-26(21-6-9-24(35)10-7-21)23(17-40)19-47-30-15-28(37)31(16-27(30)36)50(43,44)41(32-38-20-39-49-32)18-22-8-11-25(45-4)14-29(22)46-5/h6-11,14-16,20,23,26H,12-13,17-19H2,1-5H3/t23-,26+/m1/s1. The molecule has 0 saturated carbocycles. The molecule has 0 radical (unpaired) electrons. The Bertz CT molecular complexity index is 1910. The smallest absolute Gasteiger partial charge is 0.410 e. The van der Waals surface area contributed by atoms with Crippen LogP contribution in [0, 0.1) is 17.6 Å². The molecule has 268 valence electrons. The first kappa shape index (κ1) is 37.1. The molecule has 2 atom stereocenters. The van der Waals surface area contributed by atoms with Gasteiger partial charge in [0.15, 0.2) is 11.6 Å². The number of aromatic nitrogens is 2. The quantitative estimate of drug-likeness (QED) is 0.156. The number of amides is 1. The molecule has 3 aromatic carbocycles. The highest BCUT2D eigenvalue weighted by Gasteiger charge is 2.36. The highest BCUT2D eigenvalue weighted by molar-refractivity contribution is 7.93. The van der Waals surface area contributed by atoms with Crippen molar-refractivity contribution in [3.63, 3.8) is 0 Å². The summed E-state index contributed by atoms with van der Waals surface area (Å²) in [5, 5.41) is 0.497. The van der Waals surface area contributed by atoms with Crippen LogP contribution in [0.15, 0.2) is 65.8 Å². The van der Waals surface area contributed by atoms with Crippen LogP contribution in [0.2, 0.25) is 5.02 Å². The molecule has 0 N–H and O–H groups in total. The first-order chi connectivity index (χ1) is 23.7. The zero-order valence-electron chi connectivity index (χ0n) is 28.1. The van der Waals surface area contributed by atoms with Gasteiger partial charge in [-0.2, -0.15) is 4.37 Å². The van der Waals surface area contributed by atoms with Crippen LogP contribution in [-0.2, 0) is 21.3 Å². The number of sulfonamides is 1. The average molecular weight is 751 g/mol. The number of benzene rings is 3. The Balaban J connectivity index is 1.41. The van der Waals surface area contributed by atoms with Crippen molar-refractivity contribution in [1.29, 1.82) is 0 Å². The van der Waals surface area contributed by atoms with E-state index < -0.39 is 44.0 Å². The number of rotatable bonds is 11. The summed E-state index contributed by atoms with van der Waals surface area (Å²) in [5.41, 5.74) is 0.659. The topological polar surface area (TPSA) is 120 Å². The molecule has 1 aliphatic heterocycles. The molecule has 50 heavy (non-hydrogen) atoms. The van der Waals surface area contributed by atoms with Crippen molar-refractivity contribution >= 4 is 44.4 Å². The number of hydrogen-bond donors (Lipinski definition) is 0. The second kappa shape index (κ2) is 15.4. The number of likely N-dealkylation sites (tertiary alicyclic amines) is 1. The summed E-state index contributed by atoms with van der Waals surface area (Å²) in [6, 6.07) is 13.4. The Morgan fingerprint density at radius 3 is 2.42 bits per heavy atom. The molecule has 11 nitrogen and oxygen atoms in total. The Morgan fingerprint density at radius 2 is 1.78 bits per heavy atom. The fourth-order valence-corrected chi connectivity index (χ4v) is 7.96. The van der Waals surface area contributed by atoms with Gasteiger partial charge in [0.25, 0.3) is 10.0 Å². The van der Waals surface area contributed by atoms with Gasteiger partial charge in [-0.15, -0.1) is 0 Å². The Morgan fingerprint density at radius 1 is 1.04 bits per heavy atom. The maximum absolute atomic E-state index is 15.8. The third kappa shape index (κ3) is 8.56. The van der Waals surface area contributed by atoms with Crippen LogP contribution in [0.1, 0.15) is 44.2 Å². The van der Waals surface area contributed by atoms with Crippen LogP contribution in [0.3, 0.4) is 0 Å². The molecule has 1 aromatic heterocycles. The summed E-state index contributed by atoms with van der Waals surface area (Å²) in [5.74, 6) is -2.47. The lowest BCUT2D eigenvalue weighted by atomic mass is 9.81. The second-order valence-electron chi connectivity index (χ2n) is 12.6. The number of ether oxygens (including phenoxy) is 4. The Labute approximate surface area is 298 Å². The van der Waals surface area contributed by atoms with Gasteiger partial charge in [0.2, 0.25) is 5.13 Å². The summed E-state index contributed by atoms with van der Waals surface area (Å²) in [7, 11) is -1.85. The van der Waals surface area contributed by atoms with Gasteiger partial charge >= 0.3 is 6.09 Å². The highest BCUT2D eigenvalue weighted by atomic mass is 35.5. The number of methoxy groups -OCH3 is 2. The fraction of sp³-hybridized carbons (Fsp3) is 0.382. The highest BCUT2D eigenvalue weighted by Crippen LogP contribution is 2.37. The van der Waals surface area contributed by atoms with E-state index in [1.807, 2.05) is 12.1 Å². The monoisotopic (exact) mass is 750 g/mol. The Kier molecular flexibility index (Phi) is 11.4. The number of piperidine rings is 1. The molecule has 2 heterocycles. The molecule has 0 unspecified atom stereocenters. The summed E-state index contributed by atoms with van der Waals surface area (Å²) in [4.78, 5) is 17.6. The lowest BCUT2D eigenvalue weighted by molar-refractivity contribution is 0.0110. The van der Waals surface area contributed by atoms with Gasteiger partial charge in [-0.3, -0.25) is 0 Å². The van der Waals surface area contributed by atoms with Gasteiger partial charge in [-0.05, 0) is 62.9 Å². The lowest BCUT2D eigenvalue weighted by Crippen LogP contribution is -2.46. The largest absolute Gasteiger partial charge is 0.497 e. The third-order valence-corrected chi connectivity index (χ3v) is 10.9. The van der Waals surface area contributed by atoms with Crippen LogP contribution >= 0.6 is 23.1 Å². The van der Waals surface area contributed by atoms with Crippen LogP contribution < -0.4 is 18.5 Å². The number of nitrogens with zero attached hydrogens (tertiary/aromatic N) is 4. The third-order valence-electron chi connectivity index (χ3n) is 8.06. The summed E-state index contributed by atoms with van der Waals surface area (Å²) in [6.45, 7) is 5.53. The van der Waals surface area contributed by atoms with Crippen molar-refractivity contribution in [2.24, 2.45) is 5.92 Å². The minimum atomic E-state index is -4.73. The first-order valence-corrected chi connectivity index (χ1v) is 18.1. The van der Waals surface area contributed by atoms with E-state index in [1.165, 1.54) is 14.2 Å². The number of anilines is 1. The van der Waals surface area contributed by atoms with Gasteiger partial charge in [0, 0.05) is 59.3 Å². The van der Waals surface area contributed by atoms with Gasteiger partial charge in [-0.1, -0.05) is 23.7 Å². The molecular weight excluding hydrogens is 714 g/mol. The van der Waals surface area contributed by atoms with Gasteiger partial charge in [0.05, 0.1) is 27.4 Å². The molecule has 0 spiro atoms. The summed E-state index contributed by atoms with van der Waals surface area (Å²) in [6.07, 6.45) is 1.23. The van der Waals surface area contributed by atoms with Crippen molar-refractivity contribution in [2.75, 3.05) is 38.2 Å². The molecule has 1 amide bonds. The van der Waals surface area contributed by atoms with E-state index in [2.05, 4.69) is 9.36 Å². The van der Waals surface area contributed by atoms with Crippen LogP contribution in [-0.4, -0.2) is 68.3 Å². The molecule has 5 rings (SSSR count). The lowest BCUT2D eigenvalue weighted by Gasteiger charge is -2.39. The zero-order valence-corrected chi connectivity index (χ0v) is 30.4. The van der Waals surface area contributed by atoms with E-state index in [1.54, 1.807) is 56.0 Å². The first-order valence-electron chi connectivity index (χ1n) is 15.6. The average Bonchev–Trinajstić information content (AvgIpc) is 3.61. The minimum absolute atomic E-state index is 0.0666. The summed E-state index contributed by atoms with van der Waals surface area (Å²) < 4.78 is 86.2. The van der Waals surface area contributed by atoms with E-state index in [-0.39, 0.29) is 36.7 Å². The molecule has 16 heteroatoms. The maximum Gasteiger partial charge on any atom is 0.410 e. The van der Waals surface area contributed by atoms with E-state index in [4.69, 9.17) is 30.5 Å². The number of carbonyl (C=O) groups is 1. The van der Waals surface area contributed by atoms with Gasteiger partial charge in [-0.25, -0.2) is 31.3 Å². The van der Waals surface area contributed by atoms with Crippen LogP contribution in [0.4, 0.5) is 18.7 Å². The zero-order chi connectivity index (χ0) is 36.2.